The average molecular weight is 459 g/mol. The second-order valence-corrected chi connectivity index (χ2v) is 7.55. The van der Waals surface area contributed by atoms with Crippen LogP contribution in [0.15, 0.2) is 78.5 Å². The van der Waals surface area contributed by atoms with E-state index < -0.39 is 11.8 Å². The second-order valence-electron chi connectivity index (χ2n) is 7.55. The first-order chi connectivity index (χ1) is 16.6. The van der Waals surface area contributed by atoms with Crippen LogP contribution in [-0.4, -0.2) is 37.5 Å². The molecule has 0 atom stereocenters. The summed E-state index contributed by atoms with van der Waals surface area (Å²) in [5.41, 5.74) is 2.37. The van der Waals surface area contributed by atoms with Gasteiger partial charge >= 0.3 is 0 Å². The van der Waals surface area contributed by atoms with E-state index in [0.29, 0.717) is 35.1 Å². The summed E-state index contributed by atoms with van der Waals surface area (Å²) in [6.45, 7) is 2.48. The Kier molecular flexibility index (Phi) is 6.82. The molecule has 1 aliphatic heterocycles. The number of rotatable bonds is 9. The van der Waals surface area contributed by atoms with Crippen LogP contribution in [0.4, 0.5) is 5.69 Å². The fraction of sp³-hybridized carbons (Fsp3) is 0.185. The minimum atomic E-state index is -0.423. The first kappa shape index (κ1) is 22.9. The van der Waals surface area contributed by atoms with Crippen LogP contribution in [0.25, 0.3) is 5.57 Å². The monoisotopic (exact) mass is 458 g/mol. The van der Waals surface area contributed by atoms with Gasteiger partial charge in [-0.25, -0.2) is 0 Å². The molecule has 0 saturated carbocycles. The molecule has 0 radical (unpaired) electrons. The Morgan fingerprint density at radius 1 is 0.794 bits per heavy atom. The maximum Gasteiger partial charge on any atom is 0.278 e. The van der Waals surface area contributed by atoms with Gasteiger partial charge in [0.05, 0.1) is 38.6 Å². The molecule has 174 valence electrons. The van der Waals surface area contributed by atoms with Crippen molar-refractivity contribution in [2.75, 3.05) is 26.1 Å². The van der Waals surface area contributed by atoms with Crippen LogP contribution in [0, 0.1) is 0 Å². The third-order valence-corrected chi connectivity index (χ3v) is 5.49. The number of methoxy groups -OCH3 is 2. The van der Waals surface area contributed by atoms with Crippen molar-refractivity contribution in [1.29, 1.82) is 0 Å². The summed E-state index contributed by atoms with van der Waals surface area (Å²) < 4.78 is 16.4. The molecular weight excluding hydrogens is 432 g/mol. The third-order valence-electron chi connectivity index (χ3n) is 5.49. The highest BCUT2D eigenvalue weighted by Gasteiger charge is 2.40. The van der Waals surface area contributed by atoms with Crippen LogP contribution in [0.5, 0.6) is 17.2 Å². The number of nitrogens with zero attached hydrogens (tertiary/aromatic N) is 1. The van der Waals surface area contributed by atoms with E-state index in [4.69, 9.17) is 14.2 Å². The number of anilines is 1. The van der Waals surface area contributed by atoms with Gasteiger partial charge in [0.1, 0.15) is 22.9 Å². The van der Waals surface area contributed by atoms with Crippen LogP contribution >= 0.6 is 0 Å². The number of imide groups is 1. The molecule has 0 saturated heterocycles. The van der Waals surface area contributed by atoms with Gasteiger partial charge in [-0.3, -0.25) is 14.5 Å². The van der Waals surface area contributed by atoms with Gasteiger partial charge in [0.25, 0.3) is 11.8 Å². The Morgan fingerprint density at radius 3 is 2.15 bits per heavy atom. The molecule has 1 N–H and O–H groups in total. The predicted octanol–water partition coefficient (Wildman–Crippen LogP) is 4.49. The lowest BCUT2D eigenvalue weighted by Crippen LogP contribution is -2.32. The molecule has 0 spiro atoms. The highest BCUT2D eigenvalue weighted by molar-refractivity contribution is 6.37. The van der Waals surface area contributed by atoms with Gasteiger partial charge < -0.3 is 19.5 Å². The topological polar surface area (TPSA) is 77.1 Å². The summed E-state index contributed by atoms with van der Waals surface area (Å²) in [4.78, 5) is 28.4. The smallest absolute Gasteiger partial charge is 0.278 e. The number of hydrogen-bond donors (Lipinski definition) is 1. The highest BCUT2D eigenvalue weighted by atomic mass is 16.5. The number of nitrogens with one attached hydrogen (secondary N) is 1. The zero-order chi connectivity index (χ0) is 24.1. The van der Waals surface area contributed by atoms with Crippen LogP contribution in [-0.2, 0) is 16.1 Å². The van der Waals surface area contributed by atoms with Crippen molar-refractivity contribution >= 4 is 23.1 Å². The Bertz CT molecular complexity index is 1230. The van der Waals surface area contributed by atoms with E-state index in [1.54, 1.807) is 37.4 Å². The minimum absolute atomic E-state index is 0.124. The molecule has 1 aliphatic rings. The van der Waals surface area contributed by atoms with E-state index in [2.05, 4.69) is 5.32 Å². The van der Waals surface area contributed by atoms with Crippen molar-refractivity contribution in [1.82, 2.24) is 4.90 Å². The van der Waals surface area contributed by atoms with E-state index in [-0.39, 0.29) is 17.8 Å². The number of carbonyl (C=O) groups excluding carboxylic acids is 2. The maximum atomic E-state index is 13.6. The average Bonchev–Trinajstić information content (AvgIpc) is 3.09. The number of benzene rings is 3. The Balaban J connectivity index is 1.76. The summed E-state index contributed by atoms with van der Waals surface area (Å²) in [5, 5.41) is 3.18. The van der Waals surface area contributed by atoms with Gasteiger partial charge in [-0.15, -0.1) is 0 Å². The summed E-state index contributed by atoms with van der Waals surface area (Å²) in [5.74, 6) is 0.966. The summed E-state index contributed by atoms with van der Waals surface area (Å²) in [6, 6.07) is 21.7. The lowest BCUT2D eigenvalue weighted by atomic mass is 10.0. The largest absolute Gasteiger partial charge is 0.497 e. The molecule has 3 aromatic rings. The fourth-order valence-corrected chi connectivity index (χ4v) is 3.84. The fourth-order valence-electron chi connectivity index (χ4n) is 3.84. The summed E-state index contributed by atoms with van der Waals surface area (Å²) in [6.07, 6.45) is 0. The van der Waals surface area contributed by atoms with Gasteiger partial charge in [-0.1, -0.05) is 42.5 Å². The molecule has 0 fully saturated rings. The van der Waals surface area contributed by atoms with Crippen LogP contribution in [0.3, 0.4) is 0 Å². The number of para-hydroxylation sites is 3. The van der Waals surface area contributed by atoms with E-state index in [1.165, 1.54) is 12.0 Å². The Hall–Kier alpha value is -4.26. The molecule has 1 heterocycles. The van der Waals surface area contributed by atoms with Crippen LogP contribution in [0.1, 0.15) is 18.1 Å². The number of carbonyl (C=O) groups is 2. The molecule has 4 rings (SSSR count). The van der Waals surface area contributed by atoms with Gasteiger partial charge in [-0.2, -0.15) is 0 Å². The molecule has 7 nitrogen and oxygen atoms in total. The number of hydrogen-bond acceptors (Lipinski definition) is 6. The minimum Gasteiger partial charge on any atom is -0.497 e. The standard InChI is InChI=1S/C27H26N2O5/c1-4-34-23-12-8-6-10-21(23)28-25-24(20-9-5-7-11-22(20)33-3)26(30)29(27(25)31)17-18-13-15-19(32-2)16-14-18/h5-16,28H,4,17H2,1-3H3. The normalized spacial score (nSPS) is 13.3. The molecule has 7 heteroatoms. The zero-order valence-electron chi connectivity index (χ0n) is 19.3. The molecule has 3 aromatic carbocycles. The maximum absolute atomic E-state index is 13.6. The SMILES string of the molecule is CCOc1ccccc1NC1=C(c2ccccc2OC)C(=O)N(Cc2ccc(OC)cc2)C1=O. The van der Waals surface area contributed by atoms with Crippen LogP contribution in [0.2, 0.25) is 0 Å². The molecule has 0 unspecified atom stereocenters. The highest BCUT2D eigenvalue weighted by Crippen LogP contribution is 2.37. The number of ether oxygens (including phenoxy) is 3. The lowest BCUT2D eigenvalue weighted by Gasteiger charge is -2.16. The molecular formula is C27H26N2O5. The van der Waals surface area contributed by atoms with Crippen molar-refractivity contribution in [2.45, 2.75) is 13.5 Å². The Labute approximate surface area is 198 Å². The zero-order valence-corrected chi connectivity index (χ0v) is 19.3. The van der Waals surface area contributed by atoms with E-state index >= 15 is 0 Å². The van der Waals surface area contributed by atoms with Gasteiger partial charge in [0, 0.05) is 5.56 Å². The van der Waals surface area contributed by atoms with Gasteiger partial charge in [0.2, 0.25) is 0 Å². The van der Waals surface area contributed by atoms with Crippen LogP contribution < -0.4 is 19.5 Å². The molecule has 0 bridgehead atoms. The van der Waals surface area contributed by atoms with Crippen molar-refractivity contribution in [3.63, 3.8) is 0 Å². The summed E-state index contributed by atoms with van der Waals surface area (Å²) >= 11 is 0. The Morgan fingerprint density at radius 2 is 1.47 bits per heavy atom. The molecule has 34 heavy (non-hydrogen) atoms. The molecule has 2 amide bonds. The van der Waals surface area contributed by atoms with Crippen molar-refractivity contribution < 1.29 is 23.8 Å². The quantitative estimate of drug-likeness (QED) is 0.476. The van der Waals surface area contributed by atoms with E-state index in [9.17, 15) is 9.59 Å². The van der Waals surface area contributed by atoms with Crippen molar-refractivity contribution in [2.24, 2.45) is 0 Å². The molecule has 0 aliphatic carbocycles. The first-order valence-electron chi connectivity index (χ1n) is 10.9. The predicted molar refractivity (Wildman–Crippen MR) is 130 cm³/mol. The van der Waals surface area contributed by atoms with Crippen molar-refractivity contribution in [3.8, 4) is 17.2 Å². The van der Waals surface area contributed by atoms with E-state index in [1.807, 2.05) is 49.4 Å². The van der Waals surface area contributed by atoms with E-state index in [0.717, 1.165) is 5.56 Å². The molecule has 0 aromatic heterocycles. The van der Waals surface area contributed by atoms with Gasteiger partial charge in [-0.05, 0) is 42.8 Å². The van der Waals surface area contributed by atoms with Gasteiger partial charge in [0.15, 0.2) is 0 Å². The third kappa shape index (κ3) is 4.45. The number of amides is 2. The lowest BCUT2D eigenvalue weighted by molar-refractivity contribution is -0.137. The first-order valence-corrected chi connectivity index (χ1v) is 10.9. The summed E-state index contributed by atoms with van der Waals surface area (Å²) in [7, 11) is 3.12. The van der Waals surface area contributed by atoms with Crippen molar-refractivity contribution in [3.05, 3.63) is 89.6 Å². The second kappa shape index (κ2) is 10.1.